The first kappa shape index (κ1) is 9.16. The molecule has 8 heavy (non-hydrogen) atoms. The lowest BCUT2D eigenvalue weighted by molar-refractivity contribution is 1.03. The largest absolute Gasteiger partial charge is 0.130 e. The summed E-state index contributed by atoms with van der Waals surface area (Å²) in [7, 11) is 0. The Morgan fingerprint density at radius 3 is 1.62 bits per heavy atom. The quantitative estimate of drug-likeness (QED) is 0.593. The zero-order valence-corrected chi connectivity index (χ0v) is 7.19. The summed E-state index contributed by atoms with van der Waals surface area (Å²) < 4.78 is 0. The van der Waals surface area contributed by atoms with E-state index < -0.39 is 4.84 Å². The first-order chi connectivity index (χ1) is 3.55. The van der Waals surface area contributed by atoms with Crippen molar-refractivity contribution >= 4 is 46.4 Å². The zero-order valence-electron chi connectivity index (χ0n) is 4.17. The summed E-state index contributed by atoms with van der Waals surface area (Å²) >= 11 is 21.6. The topological polar surface area (TPSA) is 0 Å². The average molecular weight is 195 g/mol. The van der Waals surface area contributed by atoms with Gasteiger partial charge in [0.25, 0.3) is 0 Å². The van der Waals surface area contributed by atoms with Crippen LogP contribution < -0.4 is 0 Å². The molecule has 0 nitrogen and oxygen atoms in total. The van der Waals surface area contributed by atoms with Crippen molar-refractivity contribution in [3.63, 3.8) is 0 Å². The van der Waals surface area contributed by atoms with Gasteiger partial charge in [0.1, 0.15) is 10.2 Å². The van der Waals surface area contributed by atoms with Crippen LogP contribution in [0.2, 0.25) is 0 Å². The number of halogens is 4. The van der Waals surface area contributed by atoms with Gasteiger partial charge in [0, 0.05) is 0 Å². The third-order valence-corrected chi connectivity index (χ3v) is 2.17. The highest BCUT2D eigenvalue weighted by Gasteiger charge is 2.19. The minimum atomic E-state index is -0.663. The maximum atomic E-state index is 5.49. The number of hydrogen-bond acceptors (Lipinski definition) is 0. The number of alkyl halides is 3. The predicted octanol–water partition coefficient (Wildman–Crippen LogP) is 3.19. The number of rotatable bonds is 2. The van der Waals surface area contributed by atoms with Crippen LogP contribution in [-0.4, -0.2) is 10.2 Å². The molecule has 0 aromatic rings. The molecule has 0 bridgehead atoms. The second-order valence-electron chi connectivity index (χ2n) is 1.30. The van der Waals surface area contributed by atoms with E-state index in [1.165, 1.54) is 0 Å². The molecule has 0 N–H and O–H groups in total. The summed E-state index contributed by atoms with van der Waals surface area (Å²) in [5, 5.41) is 0.103. The lowest BCUT2D eigenvalue weighted by Crippen LogP contribution is -2.08. The van der Waals surface area contributed by atoms with E-state index in [0.29, 0.717) is 5.38 Å². The summed E-state index contributed by atoms with van der Waals surface area (Å²) in [5.74, 6) is 0. The van der Waals surface area contributed by atoms with Crippen molar-refractivity contribution in [2.75, 3.05) is 0 Å². The summed E-state index contributed by atoms with van der Waals surface area (Å²) in [6.07, 6.45) is 0. The molecule has 0 aliphatic carbocycles. The Hall–Kier alpha value is 1.16. The smallest absolute Gasteiger partial charge is 0.121 e. The van der Waals surface area contributed by atoms with Crippen LogP contribution >= 0.6 is 46.4 Å². The van der Waals surface area contributed by atoms with Crippen molar-refractivity contribution in [3.8, 4) is 0 Å². The Morgan fingerprint density at radius 1 is 1.25 bits per heavy atom. The Kier molecular flexibility index (Phi) is 4.64. The highest BCUT2D eigenvalue weighted by Crippen LogP contribution is 2.27. The molecule has 0 saturated heterocycles. The van der Waals surface area contributed by atoms with E-state index in [9.17, 15) is 0 Å². The van der Waals surface area contributed by atoms with E-state index in [1.807, 2.05) is 0 Å². The van der Waals surface area contributed by atoms with Crippen molar-refractivity contribution in [1.29, 1.82) is 0 Å². The molecule has 0 heterocycles. The fraction of sp³-hybridized carbons (Fsp3) is 0.750. The van der Waals surface area contributed by atoms with Crippen LogP contribution in [0, 0.1) is 5.38 Å². The molecular formula is C4H5Cl4. The maximum Gasteiger partial charge on any atom is 0.130 e. The van der Waals surface area contributed by atoms with Gasteiger partial charge in [-0.1, -0.05) is 0 Å². The maximum absolute atomic E-state index is 5.49. The summed E-state index contributed by atoms with van der Waals surface area (Å²) in [4.78, 5) is -0.663. The minimum Gasteiger partial charge on any atom is -0.121 e. The van der Waals surface area contributed by atoms with Crippen LogP contribution in [0.5, 0.6) is 0 Å². The molecule has 1 atom stereocenters. The first-order valence-corrected chi connectivity index (χ1v) is 3.69. The molecule has 0 amide bonds. The van der Waals surface area contributed by atoms with Gasteiger partial charge in [-0.05, 0) is 6.92 Å². The Morgan fingerprint density at radius 2 is 1.62 bits per heavy atom. The van der Waals surface area contributed by atoms with Crippen molar-refractivity contribution < 1.29 is 0 Å². The molecule has 0 aromatic carbocycles. The van der Waals surface area contributed by atoms with Gasteiger partial charge in [-0.2, -0.15) is 0 Å². The SMILES string of the molecule is CC(Cl)[C](Cl)C(Cl)Cl. The lowest BCUT2D eigenvalue weighted by atomic mass is 10.4. The molecule has 49 valence electrons. The molecule has 0 spiro atoms. The molecule has 0 aromatic heterocycles. The van der Waals surface area contributed by atoms with E-state index in [4.69, 9.17) is 46.4 Å². The molecule has 0 saturated carbocycles. The fourth-order valence-corrected chi connectivity index (χ4v) is 0.807. The van der Waals surface area contributed by atoms with E-state index in [-0.39, 0.29) is 5.38 Å². The van der Waals surface area contributed by atoms with Crippen molar-refractivity contribution in [3.05, 3.63) is 5.38 Å². The molecule has 0 rings (SSSR count). The Labute approximate surface area is 69.0 Å². The van der Waals surface area contributed by atoms with Crippen molar-refractivity contribution in [2.24, 2.45) is 0 Å². The van der Waals surface area contributed by atoms with Gasteiger partial charge in [0.2, 0.25) is 0 Å². The van der Waals surface area contributed by atoms with E-state index in [2.05, 4.69) is 0 Å². The summed E-state index contributed by atoms with van der Waals surface area (Å²) in [5.41, 5.74) is 0. The minimum absolute atomic E-state index is 0.267. The van der Waals surface area contributed by atoms with Gasteiger partial charge in [0.05, 0.1) is 5.38 Å². The van der Waals surface area contributed by atoms with E-state index >= 15 is 0 Å². The van der Waals surface area contributed by atoms with Crippen molar-refractivity contribution in [2.45, 2.75) is 17.1 Å². The highest BCUT2D eigenvalue weighted by molar-refractivity contribution is 6.52. The normalized spacial score (nSPS) is 15.4. The highest BCUT2D eigenvalue weighted by atomic mass is 35.5. The van der Waals surface area contributed by atoms with Crippen molar-refractivity contribution in [1.82, 2.24) is 0 Å². The average Bonchev–Trinajstić information content (AvgIpc) is 1.64. The molecule has 0 aliphatic heterocycles. The Balaban J connectivity index is 3.46. The molecular weight excluding hydrogens is 190 g/mol. The Bertz CT molecular complexity index is 53.1. The third kappa shape index (κ3) is 3.24. The van der Waals surface area contributed by atoms with Crippen LogP contribution in [0.25, 0.3) is 0 Å². The van der Waals surface area contributed by atoms with Gasteiger partial charge < -0.3 is 0 Å². The second-order valence-corrected chi connectivity index (χ2v) is 3.49. The van der Waals surface area contributed by atoms with Crippen LogP contribution in [0.1, 0.15) is 6.92 Å². The molecule has 0 aliphatic rings. The van der Waals surface area contributed by atoms with Crippen LogP contribution in [-0.2, 0) is 0 Å². The van der Waals surface area contributed by atoms with Gasteiger partial charge >= 0.3 is 0 Å². The van der Waals surface area contributed by atoms with E-state index in [0.717, 1.165) is 0 Å². The van der Waals surface area contributed by atoms with Gasteiger partial charge in [0.15, 0.2) is 0 Å². The molecule has 0 fully saturated rings. The first-order valence-electron chi connectivity index (χ1n) is 2.00. The molecule has 1 unspecified atom stereocenters. The van der Waals surface area contributed by atoms with Crippen LogP contribution in [0.15, 0.2) is 0 Å². The second kappa shape index (κ2) is 4.05. The van der Waals surface area contributed by atoms with Gasteiger partial charge in [-0.15, -0.1) is 46.4 Å². The summed E-state index contributed by atoms with van der Waals surface area (Å²) in [6, 6.07) is 0. The van der Waals surface area contributed by atoms with Gasteiger partial charge in [-0.3, -0.25) is 0 Å². The van der Waals surface area contributed by atoms with Crippen LogP contribution in [0.4, 0.5) is 0 Å². The predicted molar refractivity (Wildman–Crippen MR) is 39.9 cm³/mol. The monoisotopic (exact) mass is 193 g/mol. The van der Waals surface area contributed by atoms with Crippen LogP contribution in [0.3, 0.4) is 0 Å². The number of hydrogen-bond donors (Lipinski definition) is 0. The molecule has 1 radical (unpaired) electrons. The summed E-state index contributed by atoms with van der Waals surface area (Å²) in [6.45, 7) is 1.71. The zero-order chi connectivity index (χ0) is 6.73. The molecule has 4 heteroatoms. The lowest BCUT2D eigenvalue weighted by Gasteiger charge is -2.09. The fourth-order valence-electron chi connectivity index (χ4n) is 0.174. The standard InChI is InChI=1S/C4H5Cl4/c1-2(5)3(6)4(7)8/h2,4H,1H3. The van der Waals surface area contributed by atoms with Gasteiger partial charge in [-0.25, -0.2) is 0 Å². The van der Waals surface area contributed by atoms with E-state index in [1.54, 1.807) is 6.92 Å². The third-order valence-electron chi connectivity index (χ3n) is 0.588.